The molecule has 2 nitrogen and oxygen atoms in total. The van der Waals surface area contributed by atoms with E-state index in [0.29, 0.717) is 18.1 Å². The van der Waals surface area contributed by atoms with Crippen molar-refractivity contribution in [3.63, 3.8) is 0 Å². The van der Waals surface area contributed by atoms with Gasteiger partial charge in [-0.3, -0.25) is 4.79 Å². The SMILES string of the molecule is CCCCCCCCC(=O)C1(OC)CCCC1C. The highest BCUT2D eigenvalue weighted by atomic mass is 16.5. The maximum absolute atomic E-state index is 12.4. The summed E-state index contributed by atoms with van der Waals surface area (Å²) < 4.78 is 5.62. The maximum atomic E-state index is 12.4. The van der Waals surface area contributed by atoms with E-state index in [1.165, 1.54) is 32.1 Å². The van der Waals surface area contributed by atoms with Crippen LogP contribution in [-0.2, 0) is 9.53 Å². The summed E-state index contributed by atoms with van der Waals surface area (Å²) in [5.41, 5.74) is -0.441. The van der Waals surface area contributed by atoms with E-state index < -0.39 is 5.60 Å². The van der Waals surface area contributed by atoms with Crippen LogP contribution >= 0.6 is 0 Å². The van der Waals surface area contributed by atoms with Crippen LogP contribution in [-0.4, -0.2) is 18.5 Å². The van der Waals surface area contributed by atoms with Crippen molar-refractivity contribution in [3.05, 3.63) is 0 Å². The number of carbonyl (C=O) groups is 1. The van der Waals surface area contributed by atoms with Gasteiger partial charge in [-0.15, -0.1) is 0 Å². The number of unbranched alkanes of at least 4 members (excludes halogenated alkanes) is 5. The minimum absolute atomic E-state index is 0.352. The van der Waals surface area contributed by atoms with E-state index in [4.69, 9.17) is 4.74 Å². The van der Waals surface area contributed by atoms with Gasteiger partial charge in [0.25, 0.3) is 0 Å². The smallest absolute Gasteiger partial charge is 0.164 e. The first-order valence-corrected chi connectivity index (χ1v) is 7.75. The molecule has 2 unspecified atom stereocenters. The summed E-state index contributed by atoms with van der Waals surface area (Å²) in [6.07, 6.45) is 11.3. The van der Waals surface area contributed by atoms with Crippen molar-refractivity contribution < 1.29 is 9.53 Å². The average Bonchev–Trinajstić information content (AvgIpc) is 2.75. The third-order valence-electron chi connectivity index (χ3n) is 4.57. The molecule has 1 rings (SSSR count). The van der Waals surface area contributed by atoms with Gasteiger partial charge in [0.1, 0.15) is 5.60 Å². The largest absolute Gasteiger partial charge is 0.370 e. The summed E-state index contributed by atoms with van der Waals surface area (Å²) in [5.74, 6) is 0.751. The fourth-order valence-electron chi connectivity index (χ4n) is 3.26. The normalized spacial score (nSPS) is 27.6. The Morgan fingerprint density at radius 3 is 2.44 bits per heavy atom. The van der Waals surface area contributed by atoms with Crippen molar-refractivity contribution in [2.24, 2.45) is 5.92 Å². The van der Waals surface area contributed by atoms with Crippen molar-refractivity contribution in [1.82, 2.24) is 0 Å². The van der Waals surface area contributed by atoms with Gasteiger partial charge in [0.15, 0.2) is 5.78 Å². The Kier molecular flexibility index (Phi) is 6.91. The Balaban J connectivity index is 2.27. The molecule has 0 radical (unpaired) electrons. The molecule has 0 aliphatic heterocycles. The minimum atomic E-state index is -0.441. The molecule has 0 aromatic rings. The van der Waals surface area contributed by atoms with Crippen LogP contribution < -0.4 is 0 Å². The predicted molar refractivity (Wildman–Crippen MR) is 75.8 cm³/mol. The lowest BCUT2D eigenvalue weighted by atomic mass is 9.85. The number of ketones is 1. The van der Waals surface area contributed by atoms with Gasteiger partial charge < -0.3 is 4.74 Å². The van der Waals surface area contributed by atoms with Crippen LogP contribution in [0.3, 0.4) is 0 Å². The van der Waals surface area contributed by atoms with Gasteiger partial charge in [0.2, 0.25) is 0 Å². The Morgan fingerprint density at radius 2 is 1.89 bits per heavy atom. The van der Waals surface area contributed by atoms with Crippen molar-refractivity contribution in [3.8, 4) is 0 Å². The molecule has 106 valence electrons. The number of hydrogen-bond donors (Lipinski definition) is 0. The molecule has 0 aromatic heterocycles. The van der Waals surface area contributed by atoms with Crippen LogP contribution in [0.25, 0.3) is 0 Å². The molecule has 1 aliphatic rings. The average molecular weight is 254 g/mol. The maximum Gasteiger partial charge on any atom is 0.164 e. The Labute approximate surface area is 112 Å². The number of Topliss-reactive ketones (excluding diaryl/α,β-unsaturated/α-hetero) is 1. The molecule has 18 heavy (non-hydrogen) atoms. The molecule has 0 aromatic carbocycles. The summed E-state index contributed by atoms with van der Waals surface area (Å²) in [5, 5.41) is 0. The zero-order valence-corrected chi connectivity index (χ0v) is 12.5. The van der Waals surface area contributed by atoms with E-state index in [0.717, 1.165) is 25.7 Å². The van der Waals surface area contributed by atoms with Gasteiger partial charge in [0.05, 0.1) is 0 Å². The monoisotopic (exact) mass is 254 g/mol. The van der Waals surface area contributed by atoms with E-state index in [2.05, 4.69) is 13.8 Å². The molecule has 0 bridgehead atoms. The first kappa shape index (κ1) is 15.7. The lowest BCUT2D eigenvalue weighted by Gasteiger charge is -2.30. The van der Waals surface area contributed by atoms with Crippen LogP contribution in [0.4, 0.5) is 0 Å². The molecule has 1 aliphatic carbocycles. The van der Waals surface area contributed by atoms with Crippen LogP contribution in [0.2, 0.25) is 0 Å². The van der Waals surface area contributed by atoms with E-state index >= 15 is 0 Å². The van der Waals surface area contributed by atoms with Crippen LogP contribution in [0.1, 0.15) is 78.1 Å². The van der Waals surface area contributed by atoms with Gasteiger partial charge in [-0.25, -0.2) is 0 Å². The fraction of sp³-hybridized carbons (Fsp3) is 0.938. The topological polar surface area (TPSA) is 26.3 Å². The highest BCUT2D eigenvalue weighted by molar-refractivity contribution is 5.88. The molecule has 2 atom stereocenters. The van der Waals surface area contributed by atoms with Crippen molar-refractivity contribution in [2.45, 2.75) is 83.7 Å². The molecule has 0 N–H and O–H groups in total. The summed E-state index contributed by atoms with van der Waals surface area (Å²) >= 11 is 0. The van der Waals surface area contributed by atoms with Crippen molar-refractivity contribution >= 4 is 5.78 Å². The molecular formula is C16H30O2. The Bertz CT molecular complexity index is 249. The third-order valence-corrected chi connectivity index (χ3v) is 4.57. The summed E-state index contributed by atoms with van der Waals surface area (Å²) in [4.78, 5) is 12.4. The first-order chi connectivity index (χ1) is 8.67. The second kappa shape index (κ2) is 7.93. The number of methoxy groups -OCH3 is 1. The second-order valence-electron chi connectivity index (χ2n) is 5.83. The first-order valence-electron chi connectivity index (χ1n) is 7.75. The van der Waals surface area contributed by atoms with Gasteiger partial charge in [-0.05, 0) is 31.6 Å². The van der Waals surface area contributed by atoms with Crippen molar-refractivity contribution in [2.75, 3.05) is 7.11 Å². The van der Waals surface area contributed by atoms with Gasteiger partial charge in [-0.1, -0.05) is 46.0 Å². The molecule has 1 fully saturated rings. The molecule has 0 spiro atoms. The molecule has 1 saturated carbocycles. The number of carbonyl (C=O) groups excluding carboxylic acids is 1. The molecule has 0 saturated heterocycles. The molecule has 0 heterocycles. The zero-order valence-electron chi connectivity index (χ0n) is 12.5. The van der Waals surface area contributed by atoms with E-state index in [-0.39, 0.29) is 0 Å². The summed E-state index contributed by atoms with van der Waals surface area (Å²) in [6.45, 7) is 4.39. The highest BCUT2D eigenvalue weighted by Gasteiger charge is 2.45. The van der Waals surface area contributed by atoms with Gasteiger partial charge in [-0.2, -0.15) is 0 Å². The zero-order chi connectivity index (χ0) is 13.4. The van der Waals surface area contributed by atoms with E-state index in [1.807, 2.05) is 0 Å². The molecular weight excluding hydrogens is 224 g/mol. The van der Waals surface area contributed by atoms with Gasteiger partial charge >= 0.3 is 0 Å². The number of rotatable bonds is 9. The lowest BCUT2D eigenvalue weighted by molar-refractivity contribution is -0.145. The van der Waals surface area contributed by atoms with Crippen LogP contribution in [0, 0.1) is 5.92 Å². The van der Waals surface area contributed by atoms with Crippen LogP contribution in [0.5, 0.6) is 0 Å². The highest BCUT2D eigenvalue weighted by Crippen LogP contribution is 2.39. The summed E-state index contributed by atoms with van der Waals surface area (Å²) in [7, 11) is 1.71. The minimum Gasteiger partial charge on any atom is -0.370 e. The second-order valence-corrected chi connectivity index (χ2v) is 5.83. The Hall–Kier alpha value is -0.370. The third kappa shape index (κ3) is 3.81. The van der Waals surface area contributed by atoms with E-state index in [1.54, 1.807) is 7.11 Å². The Morgan fingerprint density at radius 1 is 1.22 bits per heavy atom. The molecule has 0 amide bonds. The predicted octanol–water partition coefficient (Wildman–Crippen LogP) is 4.51. The van der Waals surface area contributed by atoms with E-state index in [9.17, 15) is 4.79 Å². The molecule has 2 heteroatoms. The number of hydrogen-bond acceptors (Lipinski definition) is 2. The summed E-state index contributed by atoms with van der Waals surface area (Å²) in [6, 6.07) is 0. The standard InChI is InChI=1S/C16H30O2/c1-4-5-6-7-8-9-12-15(17)16(18-3)13-10-11-14(16)2/h14H,4-13H2,1-3H3. The quantitative estimate of drug-likeness (QED) is 0.566. The van der Waals surface area contributed by atoms with Crippen LogP contribution in [0.15, 0.2) is 0 Å². The van der Waals surface area contributed by atoms with Gasteiger partial charge in [0, 0.05) is 13.5 Å². The number of ether oxygens (including phenoxy) is 1. The lowest BCUT2D eigenvalue weighted by Crippen LogP contribution is -2.43. The fourth-order valence-corrected chi connectivity index (χ4v) is 3.26. The van der Waals surface area contributed by atoms with Crippen molar-refractivity contribution in [1.29, 1.82) is 0 Å².